The van der Waals surface area contributed by atoms with Gasteiger partial charge < -0.3 is 19.5 Å². The zero-order chi connectivity index (χ0) is 20.1. The van der Waals surface area contributed by atoms with Crippen LogP contribution in [0.15, 0.2) is 47.4 Å². The highest BCUT2D eigenvalue weighted by Gasteiger charge is 2.46. The van der Waals surface area contributed by atoms with Crippen molar-refractivity contribution in [1.29, 1.82) is 0 Å². The van der Waals surface area contributed by atoms with Crippen molar-refractivity contribution in [3.05, 3.63) is 57.8 Å². The van der Waals surface area contributed by atoms with Crippen molar-refractivity contribution in [3.8, 4) is 5.75 Å². The molecule has 1 N–H and O–H groups in total. The minimum Gasteiger partial charge on any atom is -0.507 e. The molecular formula is C21H23NO5S. The van der Waals surface area contributed by atoms with Gasteiger partial charge in [-0.05, 0) is 30.0 Å². The second-order valence-electron chi connectivity index (χ2n) is 6.38. The summed E-state index contributed by atoms with van der Waals surface area (Å²) in [5.74, 6) is -0.909. The number of ketones is 1. The lowest BCUT2D eigenvalue weighted by Crippen LogP contribution is -2.32. The van der Waals surface area contributed by atoms with Gasteiger partial charge >= 0.3 is 0 Å². The number of amides is 1. The van der Waals surface area contributed by atoms with E-state index in [1.807, 2.05) is 24.4 Å². The molecule has 2 heterocycles. The Morgan fingerprint density at radius 2 is 2.04 bits per heavy atom. The Balaban J connectivity index is 2.06. The van der Waals surface area contributed by atoms with E-state index >= 15 is 0 Å². The van der Waals surface area contributed by atoms with Gasteiger partial charge in [-0.15, -0.1) is 11.3 Å². The number of thiophene rings is 1. The molecule has 6 nitrogen and oxygen atoms in total. The molecule has 1 aliphatic heterocycles. The topological polar surface area (TPSA) is 76.1 Å². The quantitative estimate of drug-likeness (QED) is 0.415. The van der Waals surface area contributed by atoms with Crippen LogP contribution >= 0.6 is 11.3 Å². The van der Waals surface area contributed by atoms with Gasteiger partial charge in [-0.1, -0.05) is 25.1 Å². The van der Waals surface area contributed by atoms with E-state index in [4.69, 9.17) is 9.47 Å². The largest absolute Gasteiger partial charge is 0.507 e. The molecule has 7 heteroatoms. The number of carbonyl (C=O) groups is 2. The summed E-state index contributed by atoms with van der Waals surface area (Å²) >= 11 is 1.44. The molecule has 0 aliphatic carbocycles. The fourth-order valence-electron chi connectivity index (χ4n) is 3.15. The Morgan fingerprint density at radius 1 is 1.21 bits per heavy atom. The molecule has 0 saturated carbocycles. The molecule has 3 rings (SSSR count). The van der Waals surface area contributed by atoms with Crippen molar-refractivity contribution in [1.82, 2.24) is 4.90 Å². The van der Waals surface area contributed by atoms with Gasteiger partial charge in [0.25, 0.3) is 11.7 Å². The Morgan fingerprint density at radius 3 is 2.71 bits per heavy atom. The van der Waals surface area contributed by atoms with E-state index in [1.54, 1.807) is 31.4 Å². The van der Waals surface area contributed by atoms with E-state index in [9.17, 15) is 14.7 Å². The number of benzene rings is 1. The Kier molecular flexibility index (Phi) is 6.49. The van der Waals surface area contributed by atoms with Crippen molar-refractivity contribution in [2.75, 3.05) is 26.9 Å². The van der Waals surface area contributed by atoms with Crippen LogP contribution in [-0.4, -0.2) is 48.6 Å². The Labute approximate surface area is 168 Å². The number of nitrogens with zero attached hydrogens (tertiary/aromatic N) is 1. The van der Waals surface area contributed by atoms with Gasteiger partial charge in [0.15, 0.2) is 0 Å². The van der Waals surface area contributed by atoms with Crippen LogP contribution in [0.25, 0.3) is 5.76 Å². The summed E-state index contributed by atoms with van der Waals surface area (Å²) in [6, 6.07) is 10.0. The summed E-state index contributed by atoms with van der Waals surface area (Å²) in [5, 5.41) is 12.8. The predicted molar refractivity (Wildman–Crippen MR) is 107 cm³/mol. The van der Waals surface area contributed by atoms with Crippen molar-refractivity contribution >= 4 is 28.8 Å². The minimum atomic E-state index is -0.688. The van der Waals surface area contributed by atoms with Crippen LogP contribution in [0.4, 0.5) is 0 Å². The molecule has 0 spiro atoms. The average Bonchev–Trinajstić information content (AvgIpc) is 3.32. The number of carbonyl (C=O) groups excluding carboxylic acids is 2. The van der Waals surface area contributed by atoms with Gasteiger partial charge in [-0.25, -0.2) is 0 Å². The van der Waals surface area contributed by atoms with Crippen LogP contribution in [0.1, 0.15) is 29.8 Å². The van der Waals surface area contributed by atoms with Gasteiger partial charge in [-0.2, -0.15) is 0 Å². The Hall–Kier alpha value is -2.64. The third-order valence-corrected chi connectivity index (χ3v) is 5.39. The molecule has 0 radical (unpaired) electrons. The number of Topliss-reactive ketones (excluding diaryl/α,β-unsaturated/α-hetero) is 1. The number of methoxy groups -OCH3 is 1. The minimum absolute atomic E-state index is 0.0937. The first-order chi connectivity index (χ1) is 13.6. The summed E-state index contributed by atoms with van der Waals surface area (Å²) in [5.41, 5.74) is 0.538. The molecule has 0 bridgehead atoms. The lowest BCUT2D eigenvalue weighted by molar-refractivity contribution is -0.140. The molecular weight excluding hydrogens is 378 g/mol. The van der Waals surface area contributed by atoms with E-state index in [1.165, 1.54) is 16.2 Å². The van der Waals surface area contributed by atoms with Crippen molar-refractivity contribution in [2.45, 2.75) is 19.4 Å². The molecule has 1 amide bonds. The molecule has 0 unspecified atom stereocenters. The maximum absolute atomic E-state index is 12.8. The maximum atomic E-state index is 12.8. The van der Waals surface area contributed by atoms with E-state index in [2.05, 4.69) is 0 Å². The van der Waals surface area contributed by atoms with Crippen LogP contribution in [0.2, 0.25) is 0 Å². The van der Waals surface area contributed by atoms with Crippen LogP contribution in [0.3, 0.4) is 0 Å². The number of aliphatic hydroxyl groups excluding tert-OH is 1. The monoisotopic (exact) mass is 401 g/mol. The highest BCUT2D eigenvalue weighted by Crippen LogP contribution is 2.41. The van der Waals surface area contributed by atoms with E-state index in [0.29, 0.717) is 24.5 Å². The number of rotatable bonds is 8. The van der Waals surface area contributed by atoms with Gasteiger partial charge in [0.2, 0.25) is 0 Å². The maximum Gasteiger partial charge on any atom is 0.295 e. The summed E-state index contributed by atoms with van der Waals surface area (Å²) < 4.78 is 10.7. The van der Waals surface area contributed by atoms with Crippen LogP contribution in [-0.2, 0) is 14.3 Å². The number of hydrogen-bond donors (Lipinski definition) is 1. The zero-order valence-corrected chi connectivity index (χ0v) is 16.7. The predicted octanol–water partition coefficient (Wildman–Crippen LogP) is 3.61. The van der Waals surface area contributed by atoms with E-state index in [0.717, 1.165) is 11.3 Å². The molecule has 28 heavy (non-hydrogen) atoms. The van der Waals surface area contributed by atoms with Gasteiger partial charge in [0.1, 0.15) is 11.5 Å². The van der Waals surface area contributed by atoms with Crippen LogP contribution in [0.5, 0.6) is 5.75 Å². The third-order valence-electron chi connectivity index (χ3n) is 4.47. The molecule has 1 saturated heterocycles. The summed E-state index contributed by atoms with van der Waals surface area (Å²) in [7, 11) is 1.54. The van der Waals surface area contributed by atoms with E-state index < -0.39 is 17.7 Å². The normalized spacial score (nSPS) is 18.6. The number of hydrogen-bond acceptors (Lipinski definition) is 6. The van der Waals surface area contributed by atoms with Crippen LogP contribution < -0.4 is 4.74 Å². The lowest BCUT2D eigenvalue weighted by atomic mass is 10.00. The molecule has 1 fully saturated rings. The average molecular weight is 401 g/mol. The lowest BCUT2D eigenvalue weighted by Gasteiger charge is -2.23. The van der Waals surface area contributed by atoms with Crippen molar-refractivity contribution < 1.29 is 24.2 Å². The fraction of sp³-hybridized carbons (Fsp3) is 0.333. The molecule has 1 aliphatic rings. The van der Waals surface area contributed by atoms with Crippen molar-refractivity contribution in [2.24, 2.45) is 0 Å². The van der Waals surface area contributed by atoms with E-state index in [-0.39, 0.29) is 17.9 Å². The summed E-state index contributed by atoms with van der Waals surface area (Å²) in [4.78, 5) is 27.7. The smallest absolute Gasteiger partial charge is 0.295 e. The number of aliphatic hydroxyl groups is 1. The second-order valence-corrected chi connectivity index (χ2v) is 7.36. The SMILES string of the molecule is CCCOc1cccc(C(O)=C2C(=O)C(=O)N(CCOC)[C@H]2c2cccs2)c1. The first kappa shape index (κ1) is 20.1. The van der Waals surface area contributed by atoms with Gasteiger partial charge in [-0.3, -0.25) is 9.59 Å². The Bertz CT molecular complexity index is 875. The molecule has 1 aromatic heterocycles. The molecule has 148 valence electrons. The molecule has 2 aromatic rings. The zero-order valence-electron chi connectivity index (χ0n) is 15.9. The molecule has 1 aromatic carbocycles. The highest BCUT2D eigenvalue weighted by molar-refractivity contribution is 7.10. The first-order valence-electron chi connectivity index (χ1n) is 9.12. The molecule has 1 atom stereocenters. The van der Waals surface area contributed by atoms with Crippen molar-refractivity contribution in [3.63, 3.8) is 0 Å². The fourth-order valence-corrected chi connectivity index (χ4v) is 4.00. The highest BCUT2D eigenvalue weighted by atomic mass is 32.1. The van der Waals surface area contributed by atoms with Gasteiger partial charge in [0.05, 0.1) is 24.8 Å². The standard InChI is InChI=1S/C21H23NO5S/c1-3-10-27-15-7-4-6-14(13-15)19(23)17-18(16-8-5-12-28-16)22(9-11-26-2)21(25)20(17)24/h4-8,12-13,18,23H,3,9-11H2,1-2H3/t18-/m0/s1. The third kappa shape index (κ3) is 3.95. The second kappa shape index (κ2) is 9.03. The van der Waals surface area contributed by atoms with Gasteiger partial charge in [0, 0.05) is 24.1 Å². The first-order valence-corrected chi connectivity index (χ1v) is 10.0. The summed E-state index contributed by atoms with van der Waals surface area (Å²) in [6.07, 6.45) is 0.860. The number of ether oxygens (including phenoxy) is 2. The number of likely N-dealkylation sites (tertiary alicyclic amines) is 1. The van der Waals surface area contributed by atoms with Crippen LogP contribution in [0, 0.1) is 0 Å². The summed E-state index contributed by atoms with van der Waals surface area (Å²) in [6.45, 7) is 3.13.